The first-order valence-corrected chi connectivity index (χ1v) is 6.31. The number of hydrogen-bond donors (Lipinski definition) is 2. The van der Waals surface area contributed by atoms with Crippen LogP contribution in [-0.2, 0) is 6.54 Å². The molecule has 3 nitrogen and oxygen atoms in total. The van der Waals surface area contributed by atoms with E-state index in [2.05, 4.69) is 45.2 Å². The molecule has 4 heteroatoms. The zero-order valence-electron chi connectivity index (χ0n) is 9.83. The van der Waals surface area contributed by atoms with Gasteiger partial charge in [-0.15, -0.1) is 0 Å². The Labute approximate surface area is 106 Å². The molecule has 1 aromatic rings. The molecule has 1 rings (SSSR count). The molecule has 0 fully saturated rings. The van der Waals surface area contributed by atoms with Gasteiger partial charge in [-0.1, -0.05) is 15.9 Å². The molecule has 0 saturated carbocycles. The molecule has 1 aromatic carbocycles. The van der Waals surface area contributed by atoms with Crippen molar-refractivity contribution in [2.75, 3.05) is 31.6 Å². The maximum absolute atomic E-state index is 9.04. The van der Waals surface area contributed by atoms with Gasteiger partial charge in [0.25, 0.3) is 0 Å². The highest BCUT2D eigenvalue weighted by atomic mass is 79.9. The maximum atomic E-state index is 9.04. The maximum Gasteiger partial charge on any atom is 0.0606 e. The molecule has 0 saturated heterocycles. The summed E-state index contributed by atoms with van der Waals surface area (Å²) in [6.45, 7) is 4.69. The minimum Gasteiger partial charge on any atom is -0.395 e. The normalized spacial score (nSPS) is 10.5. The minimum absolute atomic E-state index is 0.183. The van der Waals surface area contributed by atoms with Crippen LogP contribution in [0.2, 0.25) is 0 Å². The average molecular weight is 287 g/mol. The van der Waals surface area contributed by atoms with Gasteiger partial charge in [-0.3, -0.25) is 0 Å². The molecular formula is C12H19BrN2O. The van der Waals surface area contributed by atoms with E-state index in [1.807, 2.05) is 13.1 Å². The Hall–Kier alpha value is -0.580. The van der Waals surface area contributed by atoms with Crippen molar-refractivity contribution in [3.63, 3.8) is 0 Å². The first kappa shape index (κ1) is 13.5. The third kappa shape index (κ3) is 3.47. The summed E-state index contributed by atoms with van der Waals surface area (Å²) >= 11 is 3.48. The number of aliphatic hydroxyl groups excluding tert-OH is 1. The van der Waals surface area contributed by atoms with Crippen molar-refractivity contribution in [1.29, 1.82) is 0 Å². The van der Waals surface area contributed by atoms with Crippen molar-refractivity contribution in [3.05, 3.63) is 28.2 Å². The molecular weight excluding hydrogens is 268 g/mol. The van der Waals surface area contributed by atoms with Crippen molar-refractivity contribution in [3.8, 4) is 0 Å². The summed E-state index contributed by atoms with van der Waals surface area (Å²) in [6, 6.07) is 6.25. The standard InChI is InChI=1S/C12H19BrN2O/c1-3-15(6-7-16)12-5-4-11(13)8-10(12)9-14-2/h4-5,8,14,16H,3,6-7,9H2,1-2H3. The number of likely N-dealkylation sites (N-methyl/N-ethyl adjacent to an activating group) is 1. The second kappa shape index (κ2) is 6.89. The van der Waals surface area contributed by atoms with Crippen LogP contribution in [0, 0.1) is 0 Å². The zero-order valence-corrected chi connectivity index (χ0v) is 11.4. The molecule has 0 radical (unpaired) electrons. The number of anilines is 1. The highest BCUT2D eigenvalue weighted by Crippen LogP contribution is 2.24. The zero-order chi connectivity index (χ0) is 12.0. The molecule has 0 bridgehead atoms. The lowest BCUT2D eigenvalue weighted by atomic mass is 10.1. The lowest BCUT2D eigenvalue weighted by molar-refractivity contribution is 0.302. The van der Waals surface area contributed by atoms with Crippen LogP contribution >= 0.6 is 15.9 Å². The third-order valence-electron chi connectivity index (χ3n) is 2.50. The van der Waals surface area contributed by atoms with Gasteiger partial charge in [0.15, 0.2) is 0 Å². The molecule has 0 spiro atoms. The molecule has 90 valence electrons. The second-order valence-corrected chi connectivity index (χ2v) is 4.52. The minimum atomic E-state index is 0.183. The highest BCUT2D eigenvalue weighted by Gasteiger charge is 2.09. The van der Waals surface area contributed by atoms with Gasteiger partial charge >= 0.3 is 0 Å². The fourth-order valence-electron chi connectivity index (χ4n) is 1.76. The van der Waals surface area contributed by atoms with Gasteiger partial charge in [-0.25, -0.2) is 0 Å². The summed E-state index contributed by atoms with van der Waals surface area (Å²) in [5.74, 6) is 0. The molecule has 0 aliphatic carbocycles. The van der Waals surface area contributed by atoms with Crippen LogP contribution in [0.1, 0.15) is 12.5 Å². The molecule has 0 aliphatic heterocycles. The summed E-state index contributed by atoms with van der Waals surface area (Å²) in [5.41, 5.74) is 2.43. The Balaban J connectivity index is 2.99. The van der Waals surface area contributed by atoms with Crippen molar-refractivity contribution in [1.82, 2.24) is 5.32 Å². The Morgan fingerprint density at radius 1 is 1.44 bits per heavy atom. The van der Waals surface area contributed by atoms with Crippen LogP contribution in [0.3, 0.4) is 0 Å². The van der Waals surface area contributed by atoms with Gasteiger partial charge in [-0.2, -0.15) is 0 Å². The van der Waals surface area contributed by atoms with Crippen molar-refractivity contribution < 1.29 is 5.11 Å². The fourth-order valence-corrected chi connectivity index (χ4v) is 2.17. The van der Waals surface area contributed by atoms with E-state index < -0.39 is 0 Å². The largest absolute Gasteiger partial charge is 0.395 e. The molecule has 2 N–H and O–H groups in total. The Morgan fingerprint density at radius 2 is 2.19 bits per heavy atom. The van der Waals surface area contributed by atoms with Crippen LogP contribution in [0.25, 0.3) is 0 Å². The van der Waals surface area contributed by atoms with Crippen LogP contribution in [0.4, 0.5) is 5.69 Å². The van der Waals surface area contributed by atoms with Gasteiger partial charge in [0, 0.05) is 29.8 Å². The molecule has 16 heavy (non-hydrogen) atoms. The van der Waals surface area contributed by atoms with E-state index in [9.17, 15) is 0 Å². The van der Waals surface area contributed by atoms with E-state index in [-0.39, 0.29) is 6.61 Å². The van der Waals surface area contributed by atoms with Crippen LogP contribution in [-0.4, -0.2) is 31.9 Å². The van der Waals surface area contributed by atoms with Gasteiger partial charge in [0.05, 0.1) is 6.61 Å². The molecule has 0 heterocycles. The number of hydrogen-bond acceptors (Lipinski definition) is 3. The molecule has 0 aromatic heterocycles. The molecule has 0 aliphatic rings. The highest BCUT2D eigenvalue weighted by molar-refractivity contribution is 9.10. The average Bonchev–Trinajstić information content (AvgIpc) is 2.27. The predicted octanol–water partition coefficient (Wildman–Crippen LogP) is 1.99. The fraction of sp³-hybridized carbons (Fsp3) is 0.500. The van der Waals surface area contributed by atoms with Crippen LogP contribution in [0.5, 0.6) is 0 Å². The summed E-state index contributed by atoms with van der Waals surface area (Å²) in [5, 5.41) is 12.2. The first-order valence-electron chi connectivity index (χ1n) is 5.51. The number of nitrogens with zero attached hydrogens (tertiary/aromatic N) is 1. The molecule has 0 amide bonds. The van der Waals surface area contributed by atoms with Gasteiger partial charge < -0.3 is 15.3 Å². The Kier molecular flexibility index (Phi) is 5.80. The van der Waals surface area contributed by atoms with E-state index in [1.165, 1.54) is 11.3 Å². The second-order valence-electron chi connectivity index (χ2n) is 3.61. The summed E-state index contributed by atoms with van der Waals surface area (Å²) in [7, 11) is 1.94. The van der Waals surface area contributed by atoms with E-state index in [0.29, 0.717) is 6.54 Å². The van der Waals surface area contributed by atoms with E-state index >= 15 is 0 Å². The molecule has 0 unspecified atom stereocenters. The first-order chi connectivity index (χ1) is 7.72. The van der Waals surface area contributed by atoms with Gasteiger partial charge in [0.2, 0.25) is 0 Å². The summed E-state index contributed by atoms with van der Waals surface area (Å²) in [6.07, 6.45) is 0. The van der Waals surface area contributed by atoms with E-state index in [4.69, 9.17) is 5.11 Å². The van der Waals surface area contributed by atoms with Crippen molar-refractivity contribution in [2.45, 2.75) is 13.5 Å². The summed E-state index contributed by atoms with van der Waals surface area (Å²) < 4.78 is 1.08. The smallest absolute Gasteiger partial charge is 0.0606 e. The third-order valence-corrected chi connectivity index (χ3v) is 2.99. The number of benzene rings is 1. The number of rotatable bonds is 6. The number of nitrogens with one attached hydrogen (secondary N) is 1. The predicted molar refractivity (Wildman–Crippen MR) is 71.9 cm³/mol. The van der Waals surface area contributed by atoms with Crippen molar-refractivity contribution in [2.24, 2.45) is 0 Å². The monoisotopic (exact) mass is 286 g/mol. The SMILES string of the molecule is CCN(CCO)c1ccc(Br)cc1CNC. The van der Waals surface area contributed by atoms with Crippen molar-refractivity contribution >= 4 is 21.6 Å². The quantitative estimate of drug-likeness (QED) is 0.840. The van der Waals surface area contributed by atoms with Gasteiger partial charge in [-0.05, 0) is 37.7 Å². The lowest BCUT2D eigenvalue weighted by Crippen LogP contribution is -2.27. The van der Waals surface area contributed by atoms with Crippen LogP contribution in [0.15, 0.2) is 22.7 Å². The molecule has 0 atom stereocenters. The van der Waals surface area contributed by atoms with Gasteiger partial charge in [0.1, 0.15) is 0 Å². The lowest BCUT2D eigenvalue weighted by Gasteiger charge is -2.25. The van der Waals surface area contributed by atoms with E-state index in [0.717, 1.165) is 17.6 Å². The Bertz CT molecular complexity index is 331. The topological polar surface area (TPSA) is 35.5 Å². The Morgan fingerprint density at radius 3 is 2.75 bits per heavy atom. The summed E-state index contributed by atoms with van der Waals surface area (Å²) in [4.78, 5) is 2.18. The number of halogens is 1. The van der Waals surface area contributed by atoms with E-state index in [1.54, 1.807) is 0 Å². The number of aliphatic hydroxyl groups is 1. The van der Waals surface area contributed by atoms with Crippen LogP contribution < -0.4 is 10.2 Å².